The molecule has 21 heavy (non-hydrogen) atoms. The van der Waals surface area contributed by atoms with Crippen LogP contribution in [0.2, 0.25) is 0 Å². The molecule has 0 radical (unpaired) electrons. The first-order valence-electron chi connectivity index (χ1n) is 5.35. The van der Waals surface area contributed by atoms with Gasteiger partial charge in [-0.2, -0.15) is 13.2 Å². The molecule has 0 amide bonds. The molecule has 12 heteroatoms. The minimum Gasteiger partial charge on any atom is -0.475 e. The van der Waals surface area contributed by atoms with E-state index in [1.54, 1.807) is 4.57 Å². The average molecular weight is 325 g/mol. The van der Waals surface area contributed by atoms with Crippen molar-refractivity contribution in [2.75, 3.05) is 6.54 Å². The van der Waals surface area contributed by atoms with Gasteiger partial charge in [0, 0.05) is 13.1 Å². The van der Waals surface area contributed by atoms with Crippen molar-refractivity contribution in [2.24, 2.45) is 5.73 Å². The second-order valence-electron chi connectivity index (χ2n) is 3.60. The molecule has 2 heterocycles. The first-order chi connectivity index (χ1) is 9.68. The van der Waals surface area contributed by atoms with E-state index in [-0.39, 0.29) is 5.56 Å². The van der Waals surface area contributed by atoms with Crippen LogP contribution in [0.1, 0.15) is 0 Å². The maximum atomic E-state index is 11.4. The summed E-state index contributed by atoms with van der Waals surface area (Å²) in [7, 11) is 0. The van der Waals surface area contributed by atoms with Crippen molar-refractivity contribution >= 4 is 29.4 Å². The Morgan fingerprint density at radius 3 is 2.57 bits per heavy atom. The number of hydrogen-bond acceptors (Lipinski definition) is 5. The SMILES string of the molecule is NCCn1c(=S)[nH]c(=O)c2[nH]cnc21.O=C(O)C(F)(F)F. The number of rotatable bonds is 2. The number of alkyl halides is 3. The van der Waals surface area contributed by atoms with Gasteiger partial charge in [-0.05, 0) is 12.2 Å². The van der Waals surface area contributed by atoms with Crippen molar-refractivity contribution in [3.05, 3.63) is 21.5 Å². The van der Waals surface area contributed by atoms with Crippen molar-refractivity contribution in [1.82, 2.24) is 19.5 Å². The minimum atomic E-state index is -5.08. The molecule has 8 nitrogen and oxygen atoms in total. The van der Waals surface area contributed by atoms with Gasteiger partial charge in [0.05, 0.1) is 6.33 Å². The summed E-state index contributed by atoms with van der Waals surface area (Å²) in [5, 5.41) is 7.12. The van der Waals surface area contributed by atoms with Crippen molar-refractivity contribution in [2.45, 2.75) is 12.7 Å². The van der Waals surface area contributed by atoms with E-state index in [0.717, 1.165) is 0 Å². The van der Waals surface area contributed by atoms with Gasteiger partial charge in [0.25, 0.3) is 5.56 Å². The van der Waals surface area contributed by atoms with Crippen LogP contribution in [0.25, 0.3) is 11.2 Å². The van der Waals surface area contributed by atoms with E-state index in [1.165, 1.54) is 6.33 Å². The van der Waals surface area contributed by atoms with Crippen LogP contribution in [0, 0.1) is 4.77 Å². The van der Waals surface area contributed by atoms with Gasteiger partial charge in [-0.25, -0.2) is 9.78 Å². The monoisotopic (exact) mass is 325 g/mol. The van der Waals surface area contributed by atoms with Gasteiger partial charge in [0.2, 0.25) is 0 Å². The molecule has 0 aromatic carbocycles. The van der Waals surface area contributed by atoms with Gasteiger partial charge in [0.15, 0.2) is 10.4 Å². The highest BCUT2D eigenvalue weighted by Gasteiger charge is 2.38. The number of nitrogens with zero attached hydrogens (tertiary/aromatic N) is 2. The maximum absolute atomic E-state index is 11.4. The molecule has 2 aromatic heterocycles. The molecule has 0 bridgehead atoms. The van der Waals surface area contributed by atoms with Crippen molar-refractivity contribution < 1.29 is 23.1 Å². The highest BCUT2D eigenvalue weighted by Crippen LogP contribution is 2.13. The number of nitrogens with one attached hydrogen (secondary N) is 2. The Morgan fingerprint density at radius 2 is 2.10 bits per heavy atom. The largest absolute Gasteiger partial charge is 0.490 e. The summed E-state index contributed by atoms with van der Waals surface area (Å²) < 4.78 is 33.8. The summed E-state index contributed by atoms with van der Waals surface area (Å²) in [6, 6.07) is 0. The molecule has 5 N–H and O–H groups in total. The summed E-state index contributed by atoms with van der Waals surface area (Å²) in [4.78, 5) is 29.6. The second-order valence-corrected chi connectivity index (χ2v) is 3.99. The first-order valence-corrected chi connectivity index (χ1v) is 5.75. The second kappa shape index (κ2) is 6.49. The number of aromatic amines is 2. The summed E-state index contributed by atoms with van der Waals surface area (Å²) in [6.07, 6.45) is -3.62. The molecule has 2 aromatic rings. The zero-order valence-electron chi connectivity index (χ0n) is 10.3. The van der Waals surface area contributed by atoms with Crippen LogP contribution in [0.4, 0.5) is 13.2 Å². The van der Waals surface area contributed by atoms with E-state index in [9.17, 15) is 18.0 Å². The van der Waals surface area contributed by atoms with Crippen LogP contribution >= 0.6 is 12.2 Å². The highest BCUT2D eigenvalue weighted by atomic mass is 32.1. The molecule has 0 unspecified atom stereocenters. The molecule has 0 aliphatic carbocycles. The number of halogens is 3. The molecule has 2 rings (SSSR count). The van der Waals surface area contributed by atoms with Gasteiger partial charge < -0.3 is 15.8 Å². The zero-order chi connectivity index (χ0) is 16.2. The van der Waals surface area contributed by atoms with Crippen molar-refractivity contribution in [3.63, 3.8) is 0 Å². The first kappa shape index (κ1) is 16.8. The molecule has 0 aliphatic heterocycles. The molecule has 0 atom stereocenters. The smallest absolute Gasteiger partial charge is 0.475 e. The number of aliphatic carboxylic acids is 1. The fraction of sp³-hybridized carbons (Fsp3) is 0.333. The van der Waals surface area contributed by atoms with Crippen LogP contribution in [0.15, 0.2) is 11.1 Å². The lowest BCUT2D eigenvalue weighted by atomic mass is 10.5. The van der Waals surface area contributed by atoms with Gasteiger partial charge in [-0.3, -0.25) is 14.3 Å². The Morgan fingerprint density at radius 1 is 1.52 bits per heavy atom. The Hall–Kier alpha value is -2.21. The predicted molar refractivity (Wildman–Crippen MR) is 68.3 cm³/mol. The summed E-state index contributed by atoms with van der Waals surface area (Å²) >= 11 is 5.00. The lowest BCUT2D eigenvalue weighted by Gasteiger charge is -2.04. The quantitative estimate of drug-likeness (QED) is 0.590. The molecule has 0 aliphatic rings. The molecular formula is C9H10F3N5O3S. The van der Waals surface area contributed by atoms with Crippen LogP contribution < -0.4 is 11.3 Å². The summed E-state index contributed by atoms with van der Waals surface area (Å²) in [5.41, 5.74) is 6.14. The maximum Gasteiger partial charge on any atom is 0.490 e. The topological polar surface area (TPSA) is 130 Å². The van der Waals surface area contributed by atoms with Crippen LogP contribution in [0.3, 0.4) is 0 Å². The Balaban J connectivity index is 0.000000270. The molecule has 0 spiro atoms. The third-order valence-corrected chi connectivity index (χ3v) is 2.49. The van der Waals surface area contributed by atoms with E-state index in [1.807, 2.05) is 0 Å². The number of aromatic nitrogens is 4. The van der Waals surface area contributed by atoms with E-state index < -0.39 is 12.1 Å². The lowest BCUT2D eigenvalue weighted by Crippen LogP contribution is -2.21. The average Bonchev–Trinajstić information content (AvgIpc) is 2.83. The van der Waals surface area contributed by atoms with E-state index in [2.05, 4.69) is 15.0 Å². The molecular weight excluding hydrogens is 315 g/mol. The number of H-pyrrole nitrogens is 2. The molecule has 116 valence electrons. The van der Waals surface area contributed by atoms with Crippen LogP contribution in [-0.4, -0.2) is 43.3 Å². The normalized spacial score (nSPS) is 11.0. The zero-order valence-corrected chi connectivity index (χ0v) is 11.1. The van der Waals surface area contributed by atoms with E-state index in [4.69, 9.17) is 27.9 Å². The number of fused-ring (bicyclic) bond motifs is 1. The van der Waals surface area contributed by atoms with Gasteiger partial charge in [0.1, 0.15) is 5.52 Å². The number of hydrogen-bond donors (Lipinski definition) is 4. The predicted octanol–water partition coefficient (Wildman–Crippen LogP) is 0.374. The summed E-state index contributed by atoms with van der Waals surface area (Å²) in [6.45, 7) is 0.985. The number of imidazole rings is 1. The molecule has 0 saturated carbocycles. The van der Waals surface area contributed by atoms with Gasteiger partial charge >= 0.3 is 12.1 Å². The van der Waals surface area contributed by atoms with Crippen LogP contribution in [-0.2, 0) is 11.3 Å². The molecule has 0 saturated heterocycles. The standard InChI is InChI=1S/C7H9N5OS.C2HF3O2/c8-1-2-12-5-4(9-3-10-5)6(13)11-7(12)14;3-2(4,5)1(6)7/h3H,1-2,8H2,(H,9,10)(H,11,13,14);(H,6,7). The van der Waals surface area contributed by atoms with Gasteiger partial charge in [-0.1, -0.05) is 0 Å². The molecule has 0 fully saturated rings. The van der Waals surface area contributed by atoms with Gasteiger partial charge in [-0.15, -0.1) is 0 Å². The van der Waals surface area contributed by atoms with Crippen molar-refractivity contribution in [1.29, 1.82) is 0 Å². The minimum absolute atomic E-state index is 0.254. The lowest BCUT2D eigenvalue weighted by molar-refractivity contribution is -0.192. The van der Waals surface area contributed by atoms with Crippen molar-refractivity contribution in [3.8, 4) is 0 Å². The Bertz CT molecular complexity index is 747. The third kappa shape index (κ3) is 4.13. The highest BCUT2D eigenvalue weighted by molar-refractivity contribution is 7.71. The fourth-order valence-electron chi connectivity index (χ4n) is 1.32. The van der Waals surface area contributed by atoms with E-state index >= 15 is 0 Å². The number of carbonyl (C=O) groups is 1. The number of carboxylic acids is 1. The van der Waals surface area contributed by atoms with E-state index in [0.29, 0.717) is 29.0 Å². The fourth-order valence-corrected chi connectivity index (χ4v) is 1.59. The van der Waals surface area contributed by atoms with Crippen LogP contribution in [0.5, 0.6) is 0 Å². The number of carboxylic acid groups (broad SMARTS) is 1. The summed E-state index contributed by atoms with van der Waals surface area (Å²) in [5.74, 6) is -2.76. The Kier molecular flexibility index (Phi) is 5.21. The third-order valence-electron chi connectivity index (χ3n) is 2.16. The Labute approximate surface area is 119 Å². The number of nitrogens with two attached hydrogens (primary N) is 1.